The van der Waals surface area contributed by atoms with Crippen LogP contribution in [0.3, 0.4) is 0 Å². The van der Waals surface area contributed by atoms with Crippen LogP contribution in [0, 0.1) is 0 Å². The molecule has 0 saturated carbocycles. The average molecular weight is 483 g/mol. The van der Waals surface area contributed by atoms with E-state index in [2.05, 4.69) is 50.5 Å². The molecule has 2 aliphatic rings. The Kier molecular flexibility index (Phi) is 13.0. The van der Waals surface area contributed by atoms with E-state index < -0.39 is 60.6 Å². The van der Waals surface area contributed by atoms with Crippen molar-refractivity contribution in [1.29, 1.82) is 0 Å². The Balaban J connectivity index is 0.000000292. The van der Waals surface area contributed by atoms with Gasteiger partial charge in [-0.15, -0.1) is 12.6 Å². The van der Waals surface area contributed by atoms with Crippen molar-refractivity contribution < 1.29 is 44.8 Å². The second-order valence-electron chi connectivity index (χ2n) is 6.36. The van der Waals surface area contributed by atoms with Gasteiger partial charge in [0, 0.05) is 11.5 Å². The molecule has 10 atom stereocenters. The molecule has 0 radical (unpaired) electrons. The lowest BCUT2D eigenvalue weighted by atomic mass is 10.00. The maximum atomic E-state index is 9.62. The summed E-state index contributed by atoms with van der Waals surface area (Å²) in [5, 5.41) is 56.5. The first-order valence-corrected chi connectivity index (χ1v) is 11.1. The second-order valence-corrected chi connectivity index (χ2v) is 8.05. The molecule has 2 aliphatic heterocycles. The molecule has 9 nitrogen and oxygen atoms in total. The lowest BCUT2D eigenvalue weighted by molar-refractivity contribution is -0.291. The third-order valence-electron chi connectivity index (χ3n) is 4.30. The molecule has 2 fully saturated rings. The molecule has 0 bridgehead atoms. The van der Waals surface area contributed by atoms with E-state index in [1.54, 1.807) is 0 Å². The van der Waals surface area contributed by atoms with Gasteiger partial charge in [-0.05, 0) is 12.2 Å². The van der Waals surface area contributed by atoms with E-state index >= 15 is 0 Å². The fraction of sp³-hybridized carbons (Fsp3) is 1.00. The molecule has 10 unspecified atom stereocenters. The second kappa shape index (κ2) is 13.5. The quantitative estimate of drug-likeness (QED) is 0.149. The van der Waals surface area contributed by atoms with Gasteiger partial charge < -0.3 is 44.8 Å². The summed E-state index contributed by atoms with van der Waals surface area (Å²) >= 11 is 15.8. The number of aliphatic hydroxyl groups is 6. The first-order valence-electron chi connectivity index (χ1n) is 8.71. The zero-order valence-corrected chi connectivity index (χ0v) is 18.6. The van der Waals surface area contributed by atoms with Crippen molar-refractivity contribution in [2.24, 2.45) is 0 Å². The minimum atomic E-state index is -1.27. The molecular formula is C15H30O9S4. The van der Waals surface area contributed by atoms with E-state index in [4.69, 9.17) is 14.2 Å². The van der Waals surface area contributed by atoms with Crippen molar-refractivity contribution in [1.82, 2.24) is 0 Å². The maximum absolute atomic E-state index is 9.62. The third-order valence-corrected chi connectivity index (χ3v) is 5.76. The van der Waals surface area contributed by atoms with Crippen LogP contribution in [0.4, 0.5) is 0 Å². The van der Waals surface area contributed by atoms with Crippen LogP contribution in [-0.4, -0.2) is 115 Å². The van der Waals surface area contributed by atoms with Crippen molar-refractivity contribution in [3.05, 3.63) is 0 Å². The lowest BCUT2D eigenvalue weighted by Gasteiger charge is -2.39. The zero-order valence-electron chi connectivity index (χ0n) is 15.0. The molecule has 0 spiro atoms. The Hall–Kier alpha value is 1.04. The molecule has 13 heteroatoms. The van der Waals surface area contributed by atoms with Gasteiger partial charge in [-0.25, -0.2) is 0 Å². The van der Waals surface area contributed by atoms with Crippen molar-refractivity contribution in [3.63, 3.8) is 0 Å². The van der Waals surface area contributed by atoms with Crippen LogP contribution in [0.25, 0.3) is 0 Å². The molecule has 0 aromatic carbocycles. The van der Waals surface area contributed by atoms with Crippen molar-refractivity contribution in [2.45, 2.75) is 67.0 Å². The Morgan fingerprint density at radius 2 is 1.18 bits per heavy atom. The van der Waals surface area contributed by atoms with Crippen molar-refractivity contribution in [3.8, 4) is 0 Å². The van der Waals surface area contributed by atoms with Crippen LogP contribution >= 0.6 is 50.5 Å². The van der Waals surface area contributed by atoms with Crippen LogP contribution in [0.15, 0.2) is 0 Å². The molecule has 28 heavy (non-hydrogen) atoms. The van der Waals surface area contributed by atoms with E-state index in [9.17, 15) is 30.6 Å². The summed E-state index contributed by atoms with van der Waals surface area (Å²) in [5.74, 6) is 1.20. The van der Waals surface area contributed by atoms with Crippen LogP contribution in [0.5, 0.6) is 0 Å². The van der Waals surface area contributed by atoms with E-state index in [-0.39, 0.29) is 11.5 Å². The van der Waals surface area contributed by atoms with E-state index in [1.165, 1.54) is 0 Å². The first-order chi connectivity index (χ1) is 13.2. The fourth-order valence-electron chi connectivity index (χ4n) is 2.55. The lowest BCUT2D eigenvalue weighted by Crippen LogP contribution is -2.58. The predicted molar refractivity (Wildman–Crippen MR) is 114 cm³/mol. The molecule has 0 aliphatic carbocycles. The SMILES string of the molecule is OC1C(CS)OC(OCCCS)C(O)C1O.OC1C(S)OC(CS)C(O)C1O. The molecule has 2 saturated heterocycles. The van der Waals surface area contributed by atoms with Crippen molar-refractivity contribution >= 4 is 50.5 Å². The van der Waals surface area contributed by atoms with Gasteiger partial charge in [0.25, 0.3) is 0 Å². The minimum Gasteiger partial charge on any atom is -0.388 e. The maximum Gasteiger partial charge on any atom is 0.186 e. The van der Waals surface area contributed by atoms with Gasteiger partial charge >= 0.3 is 0 Å². The van der Waals surface area contributed by atoms with Crippen LogP contribution in [-0.2, 0) is 14.2 Å². The van der Waals surface area contributed by atoms with Gasteiger partial charge in [-0.2, -0.15) is 37.9 Å². The van der Waals surface area contributed by atoms with Gasteiger partial charge in [0.1, 0.15) is 42.1 Å². The highest BCUT2D eigenvalue weighted by Gasteiger charge is 2.43. The molecule has 0 aromatic rings. The van der Waals surface area contributed by atoms with Gasteiger partial charge in [0.15, 0.2) is 6.29 Å². The normalized spacial score (nSPS) is 43.9. The minimum absolute atomic E-state index is 0.247. The number of ether oxygens (including phenoxy) is 3. The summed E-state index contributed by atoms with van der Waals surface area (Å²) in [4.78, 5) is 0. The average Bonchev–Trinajstić information content (AvgIpc) is 2.69. The first kappa shape index (κ1) is 27.1. The van der Waals surface area contributed by atoms with Gasteiger partial charge in [0.05, 0.1) is 18.8 Å². The molecule has 0 aromatic heterocycles. The van der Waals surface area contributed by atoms with E-state index in [0.717, 1.165) is 6.42 Å². The number of hydrogen-bond acceptors (Lipinski definition) is 13. The fourth-order valence-corrected chi connectivity index (χ4v) is 3.62. The summed E-state index contributed by atoms with van der Waals surface area (Å²) in [5.41, 5.74) is -0.763. The largest absolute Gasteiger partial charge is 0.388 e. The topological polar surface area (TPSA) is 149 Å². The summed E-state index contributed by atoms with van der Waals surface area (Å²) in [7, 11) is 0. The highest BCUT2D eigenvalue weighted by atomic mass is 32.1. The number of aliphatic hydroxyl groups excluding tert-OH is 6. The van der Waals surface area contributed by atoms with Crippen LogP contribution in [0.1, 0.15) is 6.42 Å². The predicted octanol–water partition coefficient (Wildman–Crippen LogP) is -2.29. The molecule has 6 N–H and O–H groups in total. The van der Waals surface area contributed by atoms with Gasteiger partial charge in [-0.1, -0.05) is 0 Å². The number of hydrogen-bond donors (Lipinski definition) is 10. The molecule has 2 heterocycles. The molecule has 2 rings (SSSR count). The smallest absolute Gasteiger partial charge is 0.186 e. The summed E-state index contributed by atoms with van der Waals surface area (Å²) in [6.45, 7) is 0.382. The van der Waals surface area contributed by atoms with Crippen molar-refractivity contribution in [2.75, 3.05) is 23.9 Å². The highest BCUT2D eigenvalue weighted by molar-refractivity contribution is 7.81. The molecule has 0 amide bonds. The van der Waals surface area contributed by atoms with Gasteiger partial charge in [0.2, 0.25) is 0 Å². The standard InChI is InChI=1S/C9H18O5S2.C6H12O4S2/c10-6-5(4-16)14-9(8(12)7(6)11)13-2-1-3-15;7-3-2(1-11)10-6(12)5(9)4(3)8/h5-12,15-16H,1-4H2;2-9,11-12H,1H2. The van der Waals surface area contributed by atoms with E-state index in [0.29, 0.717) is 12.4 Å². The number of thiol groups is 4. The van der Waals surface area contributed by atoms with Gasteiger partial charge in [-0.3, -0.25) is 0 Å². The summed E-state index contributed by atoms with van der Waals surface area (Å²) in [6.07, 6.45) is -8.53. The Morgan fingerprint density at radius 3 is 1.68 bits per heavy atom. The molecular weight excluding hydrogens is 452 g/mol. The third kappa shape index (κ3) is 7.32. The summed E-state index contributed by atoms with van der Waals surface area (Å²) < 4.78 is 15.6. The Morgan fingerprint density at radius 1 is 0.679 bits per heavy atom. The Labute approximate surface area is 186 Å². The zero-order chi connectivity index (χ0) is 21.4. The highest BCUT2D eigenvalue weighted by Crippen LogP contribution is 2.24. The van der Waals surface area contributed by atoms with Crippen LogP contribution < -0.4 is 0 Å². The molecule has 168 valence electrons. The summed E-state index contributed by atoms with van der Waals surface area (Å²) in [6, 6.07) is 0. The monoisotopic (exact) mass is 482 g/mol. The van der Waals surface area contributed by atoms with Crippen LogP contribution in [0.2, 0.25) is 0 Å². The van der Waals surface area contributed by atoms with E-state index in [1.807, 2.05) is 0 Å². The Bertz CT molecular complexity index is 432. The number of rotatable bonds is 6.